The van der Waals surface area contributed by atoms with Crippen LogP contribution in [-0.4, -0.2) is 16.4 Å². The number of carbonyl (C=O) groups is 1. The molecule has 106 valence electrons. The molecule has 4 nitrogen and oxygen atoms in total. The predicted octanol–water partition coefficient (Wildman–Crippen LogP) is 4.62. The van der Waals surface area contributed by atoms with Crippen molar-refractivity contribution in [3.63, 3.8) is 0 Å². The number of nitrogens with zero attached hydrogens (tertiary/aromatic N) is 2. The van der Waals surface area contributed by atoms with Gasteiger partial charge in [0.2, 0.25) is 5.88 Å². The molecular weight excluding hydrogens is 346 g/mol. The predicted molar refractivity (Wildman–Crippen MR) is 79.9 cm³/mol. The maximum Gasteiger partial charge on any atom is 0.299 e. The number of aromatic nitrogens is 2. The van der Waals surface area contributed by atoms with Crippen LogP contribution in [0.5, 0.6) is 5.88 Å². The van der Waals surface area contributed by atoms with E-state index in [0.29, 0.717) is 15.2 Å². The minimum atomic E-state index is 0.0949. The van der Waals surface area contributed by atoms with Crippen molar-refractivity contribution in [1.82, 2.24) is 9.97 Å². The second kappa shape index (κ2) is 8.27. The van der Waals surface area contributed by atoms with Crippen LogP contribution in [0.3, 0.4) is 0 Å². The minimum absolute atomic E-state index is 0.0949. The zero-order chi connectivity index (χ0) is 15.1. The van der Waals surface area contributed by atoms with E-state index in [4.69, 9.17) is 46.4 Å². The van der Waals surface area contributed by atoms with Gasteiger partial charge in [0, 0.05) is 21.8 Å². The highest BCUT2D eigenvalue weighted by molar-refractivity contribution is 6.34. The van der Waals surface area contributed by atoms with Crippen LogP contribution < -0.4 is 4.74 Å². The summed E-state index contributed by atoms with van der Waals surface area (Å²) in [5, 5.41) is 1.64. The van der Waals surface area contributed by atoms with Crippen molar-refractivity contribution >= 4 is 52.9 Å². The number of aryl methyl sites for hydroxylation is 1. The van der Waals surface area contributed by atoms with E-state index in [-0.39, 0.29) is 17.5 Å². The van der Waals surface area contributed by atoms with Crippen molar-refractivity contribution < 1.29 is 9.53 Å². The van der Waals surface area contributed by atoms with Gasteiger partial charge in [0.25, 0.3) is 6.47 Å². The third-order valence-electron chi connectivity index (χ3n) is 1.79. The highest BCUT2D eigenvalue weighted by Gasteiger charge is 1.99. The fourth-order valence-electron chi connectivity index (χ4n) is 1.14. The van der Waals surface area contributed by atoms with Gasteiger partial charge in [0.1, 0.15) is 10.3 Å². The van der Waals surface area contributed by atoms with Gasteiger partial charge in [-0.25, -0.2) is 9.97 Å². The maximum atomic E-state index is 9.85. The molecule has 0 aliphatic heterocycles. The van der Waals surface area contributed by atoms with Crippen LogP contribution in [0.4, 0.5) is 0 Å². The van der Waals surface area contributed by atoms with E-state index >= 15 is 0 Å². The van der Waals surface area contributed by atoms with Crippen LogP contribution in [0.15, 0.2) is 24.3 Å². The summed E-state index contributed by atoms with van der Waals surface area (Å²) < 4.78 is 4.41. The molecule has 2 aromatic rings. The molecule has 0 spiro atoms. The summed E-state index contributed by atoms with van der Waals surface area (Å²) >= 11 is 22.2. The van der Waals surface area contributed by atoms with E-state index in [1.165, 1.54) is 12.1 Å². The molecule has 2 rings (SSSR count). The summed E-state index contributed by atoms with van der Waals surface area (Å²) in [6, 6.07) is 6.20. The van der Waals surface area contributed by atoms with Gasteiger partial charge >= 0.3 is 0 Å². The lowest BCUT2D eigenvalue weighted by Crippen LogP contribution is -1.91. The summed E-state index contributed by atoms with van der Waals surface area (Å²) in [6.45, 7) is 2.10. The Kier molecular flexibility index (Phi) is 7.02. The van der Waals surface area contributed by atoms with E-state index in [9.17, 15) is 4.79 Å². The molecule has 0 saturated heterocycles. The average molecular weight is 354 g/mol. The molecule has 20 heavy (non-hydrogen) atoms. The second-order valence-corrected chi connectivity index (χ2v) is 5.06. The molecule has 0 fully saturated rings. The fourth-order valence-corrected chi connectivity index (χ4v) is 2.16. The highest BCUT2D eigenvalue weighted by Crippen LogP contribution is 2.19. The quantitative estimate of drug-likeness (QED) is 0.583. The van der Waals surface area contributed by atoms with Gasteiger partial charge in [-0.2, -0.15) is 0 Å². The molecule has 0 aliphatic carbocycles. The standard InChI is InChI=1S/C6H3Cl2NO2.C6H5Cl2N/c7-4-1-5(8)9-6(2-4)11-3-10;1-4-2-5(7)3-6(8)9-4/h1-3H;2-3H,1H3. The Morgan fingerprint density at radius 1 is 0.950 bits per heavy atom. The zero-order valence-corrected chi connectivity index (χ0v) is 13.1. The van der Waals surface area contributed by atoms with Crippen LogP contribution in [0.2, 0.25) is 20.4 Å². The number of hydrogen-bond acceptors (Lipinski definition) is 4. The minimum Gasteiger partial charge on any atom is -0.410 e. The first-order valence-electron chi connectivity index (χ1n) is 5.14. The summed E-state index contributed by atoms with van der Waals surface area (Å²) in [6.07, 6.45) is 0. The number of halogens is 4. The summed E-state index contributed by atoms with van der Waals surface area (Å²) in [7, 11) is 0. The SMILES string of the molecule is Cc1cc(Cl)cc(Cl)n1.O=COc1cc(Cl)cc(Cl)n1. The number of ether oxygens (including phenoxy) is 1. The Morgan fingerprint density at radius 3 is 1.95 bits per heavy atom. The van der Waals surface area contributed by atoms with Crippen molar-refractivity contribution in [2.75, 3.05) is 0 Å². The third kappa shape index (κ3) is 6.39. The monoisotopic (exact) mass is 352 g/mol. The van der Waals surface area contributed by atoms with Gasteiger partial charge in [0.05, 0.1) is 0 Å². The number of pyridine rings is 2. The molecule has 0 bridgehead atoms. The van der Waals surface area contributed by atoms with Crippen LogP contribution >= 0.6 is 46.4 Å². The molecule has 0 unspecified atom stereocenters. The highest BCUT2D eigenvalue weighted by atomic mass is 35.5. The van der Waals surface area contributed by atoms with Crippen molar-refractivity contribution in [1.29, 1.82) is 0 Å². The largest absolute Gasteiger partial charge is 0.410 e. The number of rotatable bonds is 2. The van der Waals surface area contributed by atoms with Crippen LogP contribution in [0, 0.1) is 6.92 Å². The lowest BCUT2D eigenvalue weighted by atomic mass is 10.4. The van der Waals surface area contributed by atoms with E-state index in [2.05, 4.69) is 14.7 Å². The zero-order valence-electron chi connectivity index (χ0n) is 10.1. The van der Waals surface area contributed by atoms with Crippen LogP contribution in [-0.2, 0) is 4.79 Å². The molecule has 0 N–H and O–H groups in total. The van der Waals surface area contributed by atoms with E-state index in [1.807, 2.05) is 6.92 Å². The normalized spacial score (nSPS) is 9.45. The van der Waals surface area contributed by atoms with E-state index in [0.717, 1.165) is 5.69 Å². The second-order valence-electron chi connectivity index (χ2n) is 3.41. The summed E-state index contributed by atoms with van der Waals surface area (Å²) in [4.78, 5) is 17.4. The molecule has 0 amide bonds. The molecule has 2 heterocycles. The lowest BCUT2D eigenvalue weighted by molar-refractivity contribution is -0.120. The van der Waals surface area contributed by atoms with Gasteiger partial charge in [-0.05, 0) is 25.1 Å². The lowest BCUT2D eigenvalue weighted by Gasteiger charge is -1.96. The van der Waals surface area contributed by atoms with Gasteiger partial charge in [-0.3, -0.25) is 4.79 Å². The van der Waals surface area contributed by atoms with Crippen molar-refractivity contribution in [3.8, 4) is 5.88 Å². The van der Waals surface area contributed by atoms with Gasteiger partial charge in [0.15, 0.2) is 0 Å². The van der Waals surface area contributed by atoms with E-state index in [1.54, 1.807) is 12.1 Å². The fraction of sp³-hybridized carbons (Fsp3) is 0.0833. The molecule has 0 aromatic carbocycles. The van der Waals surface area contributed by atoms with Gasteiger partial charge < -0.3 is 4.74 Å². The topological polar surface area (TPSA) is 52.1 Å². The Balaban J connectivity index is 0.000000204. The average Bonchev–Trinajstić information content (AvgIpc) is 2.26. The Morgan fingerprint density at radius 2 is 1.50 bits per heavy atom. The van der Waals surface area contributed by atoms with Crippen LogP contribution in [0.1, 0.15) is 5.69 Å². The molecule has 0 radical (unpaired) electrons. The Hall–Kier alpha value is -1.07. The molecule has 0 saturated carbocycles. The number of hydrogen-bond donors (Lipinski definition) is 0. The molecule has 8 heteroatoms. The Bertz CT molecular complexity index is 537. The Labute approximate surface area is 135 Å². The third-order valence-corrected chi connectivity index (χ3v) is 2.61. The maximum absolute atomic E-state index is 9.85. The van der Waals surface area contributed by atoms with Crippen molar-refractivity contribution in [2.24, 2.45) is 0 Å². The van der Waals surface area contributed by atoms with E-state index < -0.39 is 0 Å². The molecular formula is C12H8Cl4N2O2. The first-order chi connectivity index (χ1) is 9.40. The molecule has 0 aliphatic rings. The number of carbonyl (C=O) groups excluding carboxylic acids is 1. The first kappa shape index (κ1) is 17.0. The van der Waals surface area contributed by atoms with Crippen molar-refractivity contribution in [2.45, 2.75) is 6.92 Å². The van der Waals surface area contributed by atoms with Crippen LogP contribution in [0.25, 0.3) is 0 Å². The summed E-state index contributed by atoms with van der Waals surface area (Å²) in [5.41, 5.74) is 0.840. The van der Waals surface area contributed by atoms with Gasteiger partial charge in [-0.1, -0.05) is 46.4 Å². The first-order valence-corrected chi connectivity index (χ1v) is 6.65. The smallest absolute Gasteiger partial charge is 0.299 e. The molecule has 2 aromatic heterocycles. The molecule has 0 atom stereocenters. The van der Waals surface area contributed by atoms with Gasteiger partial charge in [-0.15, -0.1) is 0 Å². The van der Waals surface area contributed by atoms with Crippen molar-refractivity contribution in [3.05, 3.63) is 50.3 Å². The summed E-state index contributed by atoms with van der Waals surface area (Å²) in [5.74, 6) is 0.0949.